The van der Waals surface area contributed by atoms with Crippen LogP contribution in [0.2, 0.25) is 0 Å². The quantitative estimate of drug-likeness (QED) is 0.862. The van der Waals surface area contributed by atoms with Crippen molar-refractivity contribution in [2.45, 2.75) is 36.9 Å². The van der Waals surface area contributed by atoms with Gasteiger partial charge < -0.3 is 14.6 Å². The van der Waals surface area contributed by atoms with Gasteiger partial charge in [0.1, 0.15) is 4.90 Å². The summed E-state index contributed by atoms with van der Waals surface area (Å²) < 4.78 is 34.1. The lowest BCUT2D eigenvalue weighted by atomic mass is 10.2. The average Bonchev–Trinajstić information content (AvgIpc) is 2.96. The summed E-state index contributed by atoms with van der Waals surface area (Å²) in [6.45, 7) is 3.17. The minimum Gasteiger partial charge on any atom is -0.377 e. The molecule has 0 aromatic carbocycles. The third kappa shape index (κ3) is 2.76. The van der Waals surface area contributed by atoms with Crippen molar-refractivity contribution in [2.24, 2.45) is 7.05 Å². The van der Waals surface area contributed by atoms with E-state index in [1.54, 1.807) is 19.3 Å². The van der Waals surface area contributed by atoms with Crippen molar-refractivity contribution in [1.29, 1.82) is 0 Å². The van der Waals surface area contributed by atoms with Crippen LogP contribution in [0, 0.1) is 0 Å². The predicted octanol–water partition coefficient (Wildman–Crippen LogP) is 0.542. The Hall–Kier alpha value is -0.890. The number of sulfonamides is 1. The van der Waals surface area contributed by atoms with Crippen molar-refractivity contribution in [2.75, 3.05) is 20.7 Å². The van der Waals surface area contributed by atoms with Crippen LogP contribution < -0.4 is 5.32 Å². The van der Waals surface area contributed by atoms with E-state index in [0.29, 0.717) is 18.0 Å². The fourth-order valence-corrected chi connectivity index (χ4v) is 4.16. The predicted molar refractivity (Wildman–Crippen MR) is 76.9 cm³/mol. The zero-order valence-electron chi connectivity index (χ0n) is 12.5. The highest BCUT2D eigenvalue weighted by molar-refractivity contribution is 7.89. The molecule has 0 aliphatic carbocycles. The molecule has 0 saturated carbocycles. The summed E-state index contributed by atoms with van der Waals surface area (Å²) in [7, 11) is 1.86. The van der Waals surface area contributed by atoms with E-state index in [9.17, 15) is 8.42 Å². The lowest BCUT2D eigenvalue weighted by Gasteiger charge is -2.25. The molecule has 1 N–H and O–H groups in total. The van der Waals surface area contributed by atoms with Crippen LogP contribution in [0.4, 0.5) is 0 Å². The Morgan fingerprint density at radius 2 is 2.25 bits per heavy atom. The third-order valence-electron chi connectivity index (χ3n) is 3.92. The molecule has 2 heterocycles. The lowest BCUT2D eigenvalue weighted by molar-refractivity contribution is 0.102. The number of hydrogen-bond donors (Lipinski definition) is 1. The molecule has 2 rings (SSSR count). The van der Waals surface area contributed by atoms with Crippen LogP contribution in [-0.4, -0.2) is 50.1 Å². The number of nitrogens with zero attached hydrogens (tertiary/aromatic N) is 2. The molecule has 1 fully saturated rings. The molecule has 2 atom stereocenters. The smallest absolute Gasteiger partial charge is 0.244 e. The van der Waals surface area contributed by atoms with Gasteiger partial charge in [-0.2, -0.15) is 4.31 Å². The van der Waals surface area contributed by atoms with Crippen LogP contribution in [0.15, 0.2) is 17.2 Å². The van der Waals surface area contributed by atoms with Gasteiger partial charge in [0.2, 0.25) is 10.0 Å². The maximum Gasteiger partial charge on any atom is 0.244 e. The van der Waals surface area contributed by atoms with E-state index in [1.165, 1.54) is 4.31 Å². The summed E-state index contributed by atoms with van der Waals surface area (Å²) in [4.78, 5) is 0.340. The van der Waals surface area contributed by atoms with E-state index in [1.807, 2.05) is 25.6 Å². The van der Waals surface area contributed by atoms with Crippen LogP contribution >= 0.6 is 0 Å². The van der Waals surface area contributed by atoms with Crippen molar-refractivity contribution in [1.82, 2.24) is 14.2 Å². The second-order valence-corrected chi connectivity index (χ2v) is 7.26. The fraction of sp³-hybridized carbons (Fsp3) is 0.692. The Balaban J connectivity index is 2.27. The van der Waals surface area contributed by atoms with Gasteiger partial charge in [-0.05, 0) is 26.5 Å². The van der Waals surface area contributed by atoms with Gasteiger partial charge in [-0.25, -0.2) is 8.42 Å². The Kier molecular flexibility index (Phi) is 4.53. The van der Waals surface area contributed by atoms with Crippen molar-refractivity contribution in [3.05, 3.63) is 18.0 Å². The van der Waals surface area contributed by atoms with E-state index in [4.69, 9.17) is 4.74 Å². The summed E-state index contributed by atoms with van der Waals surface area (Å²) in [5.74, 6) is 0. The third-order valence-corrected chi connectivity index (χ3v) is 5.77. The van der Waals surface area contributed by atoms with Crippen LogP contribution in [0.3, 0.4) is 0 Å². The zero-order valence-corrected chi connectivity index (χ0v) is 13.3. The molecule has 6 nitrogen and oxygen atoms in total. The molecule has 1 aliphatic heterocycles. The normalized spacial score (nSPS) is 23.6. The minimum atomic E-state index is -3.47. The summed E-state index contributed by atoms with van der Waals surface area (Å²) in [5.41, 5.74) is 0.940. The Morgan fingerprint density at radius 3 is 2.80 bits per heavy atom. The molecule has 1 saturated heterocycles. The number of ether oxygens (including phenoxy) is 1. The first-order chi connectivity index (χ1) is 9.37. The van der Waals surface area contributed by atoms with Crippen LogP contribution in [-0.2, 0) is 28.4 Å². The topological polar surface area (TPSA) is 63.6 Å². The number of likely N-dealkylation sites (N-methyl/N-ethyl adjacent to an activating group) is 1. The molecule has 2 unspecified atom stereocenters. The summed E-state index contributed by atoms with van der Waals surface area (Å²) in [5, 5.41) is 3.03. The van der Waals surface area contributed by atoms with Crippen molar-refractivity contribution >= 4 is 10.0 Å². The molecule has 1 aliphatic rings. The van der Waals surface area contributed by atoms with E-state index in [0.717, 1.165) is 12.1 Å². The average molecular weight is 301 g/mol. The van der Waals surface area contributed by atoms with Crippen molar-refractivity contribution in [3.63, 3.8) is 0 Å². The Morgan fingerprint density at radius 1 is 1.55 bits per heavy atom. The number of aromatic nitrogens is 1. The zero-order chi connectivity index (χ0) is 14.9. The first-order valence-electron chi connectivity index (χ1n) is 6.77. The minimum absolute atomic E-state index is 0.0599. The molecule has 1 aromatic heterocycles. The molecule has 0 bridgehead atoms. The number of rotatable bonds is 5. The maximum absolute atomic E-state index is 12.7. The molecular weight excluding hydrogens is 278 g/mol. The molecule has 7 heteroatoms. The van der Waals surface area contributed by atoms with Gasteiger partial charge in [0, 0.05) is 39.1 Å². The van der Waals surface area contributed by atoms with E-state index in [2.05, 4.69) is 5.32 Å². The second-order valence-electron chi connectivity index (χ2n) is 5.26. The SMILES string of the molecule is CNCc1cc(S(=O)(=O)N(C)C2CCOC2C)cn1C. The maximum atomic E-state index is 12.7. The van der Waals surface area contributed by atoms with E-state index in [-0.39, 0.29) is 12.1 Å². The second kappa shape index (κ2) is 5.85. The van der Waals surface area contributed by atoms with Gasteiger partial charge in [0.15, 0.2) is 0 Å². The summed E-state index contributed by atoms with van der Waals surface area (Å²) in [6, 6.07) is 1.64. The first-order valence-corrected chi connectivity index (χ1v) is 8.21. The van der Waals surface area contributed by atoms with Gasteiger partial charge >= 0.3 is 0 Å². The first kappa shape index (κ1) is 15.5. The Labute approximate surface area is 120 Å². The van der Waals surface area contributed by atoms with Crippen LogP contribution in [0.25, 0.3) is 0 Å². The molecule has 1 aromatic rings. The number of hydrogen-bond acceptors (Lipinski definition) is 4. The summed E-state index contributed by atoms with van der Waals surface area (Å²) >= 11 is 0. The molecular formula is C13H23N3O3S. The molecule has 20 heavy (non-hydrogen) atoms. The highest BCUT2D eigenvalue weighted by Gasteiger charge is 2.35. The monoisotopic (exact) mass is 301 g/mol. The molecule has 0 spiro atoms. The van der Waals surface area contributed by atoms with Gasteiger partial charge in [-0.3, -0.25) is 0 Å². The largest absolute Gasteiger partial charge is 0.377 e. The van der Waals surface area contributed by atoms with Crippen molar-refractivity contribution in [3.8, 4) is 0 Å². The standard InChI is InChI=1S/C13H23N3O3S/c1-10-13(5-6-19-10)16(4)20(17,18)12-7-11(8-14-2)15(3)9-12/h7,9-10,13-14H,5-6,8H2,1-4H3. The fourth-order valence-electron chi connectivity index (χ4n) is 2.62. The molecule has 0 radical (unpaired) electrons. The highest BCUT2D eigenvalue weighted by atomic mass is 32.2. The van der Waals surface area contributed by atoms with E-state index < -0.39 is 10.0 Å². The van der Waals surface area contributed by atoms with Gasteiger partial charge in [0.05, 0.1) is 12.1 Å². The van der Waals surface area contributed by atoms with Crippen LogP contribution in [0.1, 0.15) is 19.0 Å². The lowest BCUT2D eigenvalue weighted by Crippen LogP contribution is -2.40. The number of nitrogens with one attached hydrogen (secondary N) is 1. The van der Waals surface area contributed by atoms with Gasteiger partial charge in [-0.15, -0.1) is 0 Å². The van der Waals surface area contributed by atoms with Gasteiger partial charge in [-0.1, -0.05) is 0 Å². The van der Waals surface area contributed by atoms with Crippen LogP contribution in [0.5, 0.6) is 0 Å². The van der Waals surface area contributed by atoms with E-state index >= 15 is 0 Å². The molecule has 0 amide bonds. The summed E-state index contributed by atoms with van der Waals surface area (Å²) in [6.07, 6.45) is 2.35. The number of aryl methyl sites for hydroxylation is 1. The highest BCUT2D eigenvalue weighted by Crippen LogP contribution is 2.25. The molecule has 114 valence electrons. The Bertz CT molecular complexity index is 567. The van der Waals surface area contributed by atoms with Gasteiger partial charge in [0.25, 0.3) is 0 Å². The van der Waals surface area contributed by atoms with Crippen molar-refractivity contribution < 1.29 is 13.2 Å².